The molecule has 14 heavy (non-hydrogen) atoms. The molecule has 1 N–H and O–H groups in total. The molecule has 6 atom stereocenters. The number of aliphatic hydroxyl groups is 1. The molecule has 0 spiro atoms. The molecule has 0 aromatic heterocycles. The van der Waals surface area contributed by atoms with Crippen LogP contribution in [-0.2, 0) is 0 Å². The monoisotopic (exact) mass is 188 g/mol. The molecule has 6 unspecified atom stereocenters. The maximum Gasteiger partial charge on any atom is 0.0671 e. The molecule has 4 aliphatic rings. The summed E-state index contributed by atoms with van der Waals surface area (Å²) in [6, 6.07) is 0. The Balaban J connectivity index is 1.84. The Kier molecular flexibility index (Phi) is 1.19. The SMILES string of the molecule is C=C1C2CCC1C1C3C=CC(C3O)C21. The highest BCUT2D eigenvalue weighted by molar-refractivity contribution is 5.32. The highest BCUT2D eigenvalue weighted by Gasteiger charge is 2.63. The first-order chi connectivity index (χ1) is 6.79. The van der Waals surface area contributed by atoms with Crippen LogP contribution in [0.5, 0.6) is 0 Å². The lowest BCUT2D eigenvalue weighted by atomic mass is 9.73. The van der Waals surface area contributed by atoms with Crippen LogP contribution in [0.4, 0.5) is 0 Å². The van der Waals surface area contributed by atoms with Gasteiger partial charge >= 0.3 is 0 Å². The van der Waals surface area contributed by atoms with Gasteiger partial charge in [-0.1, -0.05) is 24.3 Å². The Morgan fingerprint density at radius 2 is 1.57 bits per heavy atom. The van der Waals surface area contributed by atoms with Crippen LogP contribution in [0, 0.1) is 35.5 Å². The van der Waals surface area contributed by atoms with Gasteiger partial charge in [-0.05, 0) is 36.5 Å². The van der Waals surface area contributed by atoms with Crippen LogP contribution in [0.3, 0.4) is 0 Å². The van der Waals surface area contributed by atoms with Crippen molar-refractivity contribution in [3.8, 4) is 0 Å². The fraction of sp³-hybridized carbons (Fsp3) is 0.692. The second-order valence-corrected chi connectivity index (χ2v) is 5.55. The average molecular weight is 188 g/mol. The first kappa shape index (κ1) is 7.70. The molecule has 4 bridgehead atoms. The lowest BCUT2D eigenvalue weighted by Crippen LogP contribution is -2.25. The molecular formula is C13H16O. The standard InChI is InChI=1S/C13H16O/c1-6-7-2-3-8(6)12-10-5-4-9(11(7)12)13(10)14/h4-5,7-14H,1-3H2. The summed E-state index contributed by atoms with van der Waals surface area (Å²) in [6.07, 6.45) is 7.17. The van der Waals surface area contributed by atoms with Gasteiger partial charge < -0.3 is 5.11 Å². The van der Waals surface area contributed by atoms with Gasteiger partial charge in [-0.3, -0.25) is 0 Å². The van der Waals surface area contributed by atoms with Crippen LogP contribution in [0.1, 0.15) is 12.8 Å². The van der Waals surface area contributed by atoms with Crippen molar-refractivity contribution in [2.75, 3.05) is 0 Å². The van der Waals surface area contributed by atoms with Gasteiger partial charge in [-0.2, -0.15) is 0 Å². The first-order valence-corrected chi connectivity index (χ1v) is 5.84. The van der Waals surface area contributed by atoms with E-state index in [0.717, 1.165) is 23.7 Å². The summed E-state index contributed by atoms with van der Waals surface area (Å²) in [5.74, 6) is 3.95. The fourth-order valence-electron chi connectivity index (χ4n) is 4.92. The fourth-order valence-corrected chi connectivity index (χ4v) is 4.92. The van der Waals surface area contributed by atoms with Crippen molar-refractivity contribution in [2.45, 2.75) is 18.9 Å². The zero-order valence-electron chi connectivity index (χ0n) is 8.26. The average Bonchev–Trinajstić information content (AvgIpc) is 2.87. The Bertz CT molecular complexity index is 309. The van der Waals surface area contributed by atoms with Gasteiger partial charge in [-0.15, -0.1) is 0 Å². The maximum absolute atomic E-state index is 10.1. The topological polar surface area (TPSA) is 20.2 Å². The van der Waals surface area contributed by atoms with Crippen LogP contribution in [0.2, 0.25) is 0 Å². The molecule has 0 aromatic carbocycles. The normalized spacial score (nSPS) is 62.6. The van der Waals surface area contributed by atoms with Gasteiger partial charge in [0.15, 0.2) is 0 Å². The van der Waals surface area contributed by atoms with Gasteiger partial charge in [-0.25, -0.2) is 0 Å². The van der Waals surface area contributed by atoms with Crippen molar-refractivity contribution in [2.24, 2.45) is 35.5 Å². The summed E-state index contributed by atoms with van der Waals surface area (Å²) in [4.78, 5) is 0. The van der Waals surface area contributed by atoms with Crippen LogP contribution in [-0.4, -0.2) is 11.2 Å². The van der Waals surface area contributed by atoms with Crippen LogP contribution < -0.4 is 0 Å². The Morgan fingerprint density at radius 3 is 2.07 bits per heavy atom. The quantitative estimate of drug-likeness (QED) is 0.455. The van der Waals surface area contributed by atoms with Gasteiger partial charge in [0.05, 0.1) is 6.10 Å². The van der Waals surface area contributed by atoms with E-state index in [1.807, 2.05) is 0 Å². The lowest BCUT2D eigenvalue weighted by molar-refractivity contribution is 0.122. The number of rotatable bonds is 0. The number of aliphatic hydroxyl groups excluding tert-OH is 1. The Hall–Kier alpha value is -0.560. The van der Waals surface area contributed by atoms with E-state index >= 15 is 0 Å². The third kappa shape index (κ3) is 0.604. The predicted molar refractivity (Wildman–Crippen MR) is 54.5 cm³/mol. The molecule has 0 aromatic rings. The van der Waals surface area contributed by atoms with Crippen molar-refractivity contribution in [1.82, 2.24) is 0 Å². The van der Waals surface area contributed by atoms with E-state index in [-0.39, 0.29) is 6.10 Å². The molecule has 74 valence electrons. The van der Waals surface area contributed by atoms with E-state index < -0.39 is 0 Å². The van der Waals surface area contributed by atoms with E-state index in [2.05, 4.69) is 18.7 Å². The predicted octanol–water partition coefficient (Wildman–Crippen LogP) is 1.99. The molecule has 0 heterocycles. The van der Waals surface area contributed by atoms with E-state index in [9.17, 15) is 5.11 Å². The number of fused-ring (bicyclic) bond motifs is 9. The largest absolute Gasteiger partial charge is 0.392 e. The van der Waals surface area contributed by atoms with Crippen molar-refractivity contribution in [3.63, 3.8) is 0 Å². The molecule has 4 aliphatic carbocycles. The van der Waals surface area contributed by atoms with Crippen molar-refractivity contribution >= 4 is 0 Å². The van der Waals surface area contributed by atoms with Crippen molar-refractivity contribution in [3.05, 3.63) is 24.3 Å². The van der Waals surface area contributed by atoms with E-state index in [4.69, 9.17) is 0 Å². The number of hydrogen-bond donors (Lipinski definition) is 1. The Morgan fingerprint density at radius 1 is 1.07 bits per heavy atom. The van der Waals surface area contributed by atoms with Crippen molar-refractivity contribution in [1.29, 1.82) is 0 Å². The molecule has 0 aliphatic heterocycles. The summed E-state index contributed by atoms with van der Waals surface area (Å²) in [5.41, 5.74) is 1.52. The van der Waals surface area contributed by atoms with Gasteiger partial charge in [0.25, 0.3) is 0 Å². The molecule has 3 fully saturated rings. The molecule has 0 amide bonds. The van der Waals surface area contributed by atoms with E-state index in [1.165, 1.54) is 18.4 Å². The lowest BCUT2D eigenvalue weighted by Gasteiger charge is -2.30. The molecule has 1 nitrogen and oxygen atoms in total. The third-order valence-corrected chi connectivity index (χ3v) is 5.35. The van der Waals surface area contributed by atoms with E-state index in [0.29, 0.717) is 11.8 Å². The molecular weight excluding hydrogens is 172 g/mol. The van der Waals surface area contributed by atoms with Crippen LogP contribution in [0.15, 0.2) is 24.3 Å². The van der Waals surface area contributed by atoms with Gasteiger partial charge in [0.1, 0.15) is 0 Å². The molecule has 4 rings (SSSR count). The highest BCUT2D eigenvalue weighted by Crippen LogP contribution is 2.66. The number of hydrogen-bond acceptors (Lipinski definition) is 1. The maximum atomic E-state index is 10.1. The van der Waals surface area contributed by atoms with Crippen molar-refractivity contribution < 1.29 is 5.11 Å². The smallest absolute Gasteiger partial charge is 0.0671 e. The zero-order chi connectivity index (χ0) is 9.45. The zero-order valence-corrected chi connectivity index (χ0v) is 8.26. The molecule has 0 saturated heterocycles. The first-order valence-electron chi connectivity index (χ1n) is 5.84. The summed E-state index contributed by atoms with van der Waals surface area (Å²) < 4.78 is 0. The molecule has 0 radical (unpaired) electrons. The van der Waals surface area contributed by atoms with Crippen LogP contribution in [0.25, 0.3) is 0 Å². The third-order valence-electron chi connectivity index (χ3n) is 5.35. The highest BCUT2D eigenvalue weighted by atomic mass is 16.3. The van der Waals surface area contributed by atoms with E-state index in [1.54, 1.807) is 0 Å². The second-order valence-electron chi connectivity index (χ2n) is 5.55. The molecule has 3 saturated carbocycles. The minimum absolute atomic E-state index is 0.0544. The summed E-state index contributed by atoms with van der Waals surface area (Å²) >= 11 is 0. The summed E-state index contributed by atoms with van der Waals surface area (Å²) in [5, 5.41) is 10.1. The minimum Gasteiger partial charge on any atom is -0.392 e. The van der Waals surface area contributed by atoms with Gasteiger partial charge in [0, 0.05) is 11.8 Å². The summed E-state index contributed by atoms with van der Waals surface area (Å²) in [7, 11) is 0. The van der Waals surface area contributed by atoms with Gasteiger partial charge in [0.2, 0.25) is 0 Å². The van der Waals surface area contributed by atoms with Crippen LogP contribution >= 0.6 is 0 Å². The minimum atomic E-state index is -0.0544. The number of allylic oxidation sites excluding steroid dienone is 1. The second kappa shape index (κ2) is 2.16. The summed E-state index contributed by atoms with van der Waals surface area (Å²) in [6.45, 7) is 4.27. The molecule has 1 heteroatoms. The Labute approximate surface area is 84.5 Å².